The van der Waals surface area contributed by atoms with Crippen molar-refractivity contribution in [1.29, 1.82) is 0 Å². The maximum absolute atomic E-state index is 3.44. The van der Waals surface area contributed by atoms with Crippen molar-refractivity contribution in [3.8, 4) is 0 Å². The Morgan fingerprint density at radius 1 is 1.22 bits per heavy atom. The number of anilines is 1. The second-order valence-corrected chi connectivity index (χ2v) is 6.05. The summed E-state index contributed by atoms with van der Waals surface area (Å²) >= 11 is 1.80. The van der Waals surface area contributed by atoms with Crippen LogP contribution in [-0.2, 0) is 0 Å². The number of nitrogens with one attached hydrogen (secondary N) is 1. The molecule has 2 nitrogen and oxygen atoms in total. The minimum Gasteiger partial charge on any atom is -0.368 e. The van der Waals surface area contributed by atoms with Crippen molar-refractivity contribution in [3.63, 3.8) is 0 Å². The van der Waals surface area contributed by atoms with Crippen molar-refractivity contribution in [1.82, 2.24) is 5.32 Å². The smallest absolute Gasteiger partial charge is 0.0369 e. The molecule has 3 heteroatoms. The van der Waals surface area contributed by atoms with E-state index in [1.54, 1.807) is 11.8 Å². The first-order valence-corrected chi connectivity index (χ1v) is 7.97. The van der Waals surface area contributed by atoms with E-state index >= 15 is 0 Å². The molecule has 0 bridgehead atoms. The van der Waals surface area contributed by atoms with Gasteiger partial charge in [0, 0.05) is 29.2 Å². The highest BCUT2D eigenvalue weighted by Gasteiger charge is 2.31. The van der Waals surface area contributed by atoms with Gasteiger partial charge in [0.1, 0.15) is 0 Å². The van der Waals surface area contributed by atoms with E-state index in [1.165, 1.54) is 17.0 Å². The van der Waals surface area contributed by atoms with Crippen LogP contribution in [0.3, 0.4) is 0 Å². The Kier molecular flexibility index (Phi) is 4.57. The summed E-state index contributed by atoms with van der Waals surface area (Å²) in [5.41, 5.74) is 1.36. The summed E-state index contributed by atoms with van der Waals surface area (Å²) in [4.78, 5) is 3.88. The first kappa shape index (κ1) is 13.8. The summed E-state index contributed by atoms with van der Waals surface area (Å²) in [5.74, 6) is 0.684. The molecule has 2 rings (SSSR count). The first-order chi connectivity index (χ1) is 8.67. The Balaban J connectivity index is 2.13. The van der Waals surface area contributed by atoms with Crippen molar-refractivity contribution in [3.05, 3.63) is 24.3 Å². The monoisotopic (exact) mass is 264 g/mol. The normalized spacial score (nSPS) is 28.4. The van der Waals surface area contributed by atoms with Gasteiger partial charge in [0.15, 0.2) is 0 Å². The van der Waals surface area contributed by atoms with E-state index in [2.05, 4.69) is 61.6 Å². The first-order valence-electron chi connectivity index (χ1n) is 6.75. The van der Waals surface area contributed by atoms with Crippen LogP contribution in [0.2, 0.25) is 0 Å². The highest BCUT2D eigenvalue weighted by molar-refractivity contribution is 7.98. The maximum Gasteiger partial charge on any atom is 0.0369 e. The molecule has 1 aliphatic rings. The van der Waals surface area contributed by atoms with Crippen molar-refractivity contribution in [2.75, 3.05) is 24.7 Å². The lowest BCUT2D eigenvalue weighted by atomic mass is 9.87. The summed E-state index contributed by atoms with van der Waals surface area (Å²) in [6.07, 6.45) is 3.35. The lowest BCUT2D eigenvalue weighted by Crippen LogP contribution is -2.52. The average molecular weight is 264 g/mol. The molecule has 0 radical (unpaired) electrons. The van der Waals surface area contributed by atoms with E-state index in [1.807, 2.05) is 0 Å². The van der Waals surface area contributed by atoms with Crippen LogP contribution in [0.25, 0.3) is 0 Å². The number of hydrogen-bond acceptors (Lipinski definition) is 3. The van der Waals surface area contributed by atoms with Crippen LogP contribution in [0.15, 0.2) is 29.2 Å². The summed E-state index contributed by atoms with van der Waals surface area (Å²) in [6, 6.07) is 10.2. The quantitative estimate of drug-likeness (QED) is 0.844. The molecule has 18 heavy (non-hydrogen) atoms. The molecule has 1 heterocycles. The highest BCUT2D eigenvalue weighted by atomic mass is 32.2. The number of hydrogen-bond donors (Lipinski definition) is 1. The largest absolute Gasteiger partial charge is 0.368 e. The molecule has 0 aliphatic carbocycles. The molecule has 100 valence electrons. The fourth-order valence-electron chi connectivity index (χ4n) is 2.91. The minimum absolute atomic E-state index is 0.594. The molecule has 1 aliphatic heterocycles. The summed E-state index contributed by atoms with van der Waals surface area (Å²) in [7, 11) is 2.08. The van der Waals surface area contributed by atoms with E-state index in [9.17, 15) is 0 Å². The van der Waals surface area contributed by atoms with Gasteiger partial charge in [0.25, 0.3) is 0 Å². The molecule has 1 saturated heterocycles. The minimum atomic E-state index is 0.594. The maximum atomic E-state index is 3.44. The molecular weight excluding hydrogens is 240 g/mol. The molecule has 0 saturated carbocycles. The van der Waals surface area contributed by atoms with Gasteiger partial charge in [-0.25, -0.2) is 0 Å². The van der Waals surface area contributed by atoms with Gasteiger partial charge in [0.05, 0.1) is 0 Å². The Morgan fingerprint density at radius 3 is 2.44 bits per heavy atom. The molecule has 0 spiro atoms. The number of thioether (sulfide) groups is 1. The molecule has 3 atom stereocenters. The molecule has 1 N–H and O–H groups in total. The van der Waals surface area contributed by atoms with Crippen molar-refractivity contribution >= 4 is 17.4 Å². The standard InChI is InChI=1S/C15H24N2S/c1-11-12(2)17(10-9-15(11)16-3)13-5-7-14(18-4)8-6-13/h5-8,11-12,15-16H,9-10H2,1-4H3. The predicted molar refractivity (Wildman–Crippen MR) is 81.7 cm³/mol. The van der Waals surface area contributed by atoms with Crippen LogP contribution < -0.4 is 10.2 Å². The van der Waals surface area contributed by atoms with Gasteiger partial charge >= 0.3 is 0 Å². The molecule has 1 aromatic rings. The van der Waals surface area contributed by atoms with Crippen LogP contribution >= 0.6 is 11.8 Å². The van der Waals surface area contributed by atoms with Crippen molar-refractivity contribution in [2.45, 2.75) is 37.2 Å². The zero-order valence-electron chi connectivity index (χ0n) is 11.8. The van der Waals surface area contributed by atoms with Gasteiger partial charge in [-0.15, -0.1) is 11.8 Å². The molecular formula is C15H24N2S. The third-order valence-corrected chi connectivity index (χ3v) is 5.09. The number of rotatable bonds is 3. The highest BCUT2D eigenvalue weighted by Crippen LogP contribution is 2.29. The van der Waals surface area contributed by atoms with Gasteiger partial charge in [0.2, 0.25) is 0 Å². The molecule has 3 unspecified atom stereocenters. The summed E-state index contributed by atoms with van der Waals surface area (Å²) < 4.78 is 0. The third-order valence-electron chi connectivity index (χ3n) is 4.34. The van der Waals surface area contributed by atoms with E-state index in [0.717, 1.165) is 6.54 Å². The zero-order chi connectivity index (χ0) is 13.1. The fraction of sp³-hybridized carbons (Fsp3) is 0.600. The Labute approximate surface area is 115 Å². The summed E-state index contributed by atoms with van der Waals surface area (Å²) in [6.45, 7) is 5.85. The Bertz CT molecular complexity index is 377. The molecule has 0 amide bonds. The lowest BCUT2D eigenvalue weighted by molar-refractivity contribution is 0.282. The lowest BCUT2D eigenvalue weighted by Gasteiger charge is -2.44. The van der Waals surface area contributed by atoms with E-state index in [-0.39, 0.29) is 0 Å². The Morgan fingerprint density at radius 2 is 1.89 bits per heavy atom. The SMILES string of the molecule is CNC1CCN(c2ccc(SC)cc2)C(C)C1C. The number of nitrogens with zero attached hydrogens (tertiary/aromatic N) is 1. The second-order valence-electron chi connectivity index (χ2n) is 5.17. The van der Waals surface area contributed by atoms with Crippen molar-refractivity contribution < 1.29 is 0 Å². The number of benzene rings is 1. The topological polar surface area (TPSA) is 15.3 Å². The van der Waals surface area contributed by atoms with Gasteiger partial charge < -0.3 is 10.2 Å². The van der Waals surface area contributed by atoms with Gasteiger partial charge in [-0.2, -0.15) is 0 Å². The van der Waals surface area contributed by atoms with Crippen LogP contribution in [0, 0.1) is 5.92 Å². The zero-order valence-corrected chi connectivity index (χ0v) is 12.6. The Hall–Kier alpha value is -0.670. The van der Waals surface area contributed by atoms with Crippen LogP contribution in [0.1, 0.15) is 20.3 Å². The van der Waals surface area contributed by atoms with E-state index in [4.69, 9.17) is 0 Å². The third kappa shape index (κ3) is 2.67. The second kappa shape index (κ2) is 5.98. The molecule has 0 aromatic heterocycles. The average Bonchev–Trinajstić information content (AvgIpc) is 2.42. The van der Waals surface area contributed by atoms with Crippen LogP contribution in [0.5, 0.6) is 0 Å². The molecule has 1 fully saturated rings. The fourth-order valence-corrected chi connectivity index (χ4v) is 3.32. The number of piperidine rings is 1. The molecule has 1 aromatic carbocycles. The van der Waals surface area contributed by atoms with E-state index in [0.29, 0.717) is 18.0 Å². The van der Waals surface area contributed by atoms with Gasteiger partial charge in [-0.05, 0) is 56.8 Å². The van der Waals surface area contributed by atoms with Crippen LogP contribution in [-0.4, -0.2) is 31.9 Å². The van der Waals surface area contributed by atoms with Crippen LogP contribution in [0.4, 0.5) is 5.69 Å². The van der Waals surface area contributed by atoms with E-state index < -0.39 is 0 Å². The van der Waals surface area contributed by atoms with Crippen molar-refractivity contribution in [2.24, 2.45) is 5.92 Å². The van der Waals surface area contributed by atoms with Gasteiger partial charge in [-0.3, -0.25) is 0 Å². The summed E-state index contributed by atoms with van der Waals surface area (Å²) in [5, 5.41) is 3.44. The van der Waals surface area contributed by atoms with Gasteiger partial charge in [-0.1, -0.05) is 6.92 Å². The predicted octanol–water partition coefficient (Wildman–Crippen LogP) is 3.23.